The number of allylic oxidation sites excluding steroid dienone is 2. The minimum Gasteiger partial charge on any atom is -0.510 e. The van der Waals surface area contributed by atoms with E-state index in [2.05, 4.69) is 71.3 Å². The first-order valence-electron chi connectivity index (χ1n) is 11.7. The quantitative estimate of drug-likeness (QED) is 0.142. The molecule has 0 aliphatic heterocycles. The van der Waals surface area contributed by atoms with E-state index in [0.717, 1.165) is 42.4 Å². The van der Waals surface area contributed by atoms with Crippen LogP contribution in [0.3, 0.4) is 0 Å². The number of aliphatic hydroxyl groups excluding tert-OH is 1. The zero-order valence-electron chi connectivity index (χ0n) is 20.8. The Morgan fingerprint density at radius 2 is 1.91 bits per heavy atom. The van der Waals surface area contributed by atoms with Crippen molar-refractivity contribution in [3.63, 3.8) is 0 Å². The zero-order valence-corrected chi connectivity index (χ0v) is 20.8. The Labute approximate surface area is 195 Å². The predicted octanol–water partition coefficient (Wildman–Crippen LogP) is 6.92. The SMILES string of the molecule is C=C(O)COCCCCC#Cc1ccc(C(C)=O)c(C/C=C/C2C(C)(C)C(C)C2(C)C)c1. The van der Waals surface area contributed by atoms with Crippen LogP contribution in [-0.2, 0) is 11.2 Å². The van der Waals surface area contributed by atoms with Crippen LogP contribution in [-0.4, -0.2) is 24.1 Å². The molecule has 0 aromatic heterocycles. The first-order chi connectivity index (χ1) is 15.0. The monoisotopic (exact) mass is 436 g/mol. The normalized spacial score (nSPS) is 20.9. The van der Waals surface area contributed by atoms with Gasteiger partial charge in [0, 0.05) is 24.2 Å². The van der Waals surface area contributed by atoms with Gasteiger partial charge in [0.15, 0.2) is 5.78 Å². The molecule has 32 heavy (non-hydrogen) atoms. The van der Waals surface area contributed by atoms with Crippen LogP contribution in [0.2, 0.25) is 0 Å². The highest BCUT2D eigenvalue weighted by atomic mass is 16.5. The highest BCUT2D eigenvalue weighted by molar-refractivity contribution is 5.95. The summed E-state index contributed by atoms with van der Waals surface area (Å²) >= 11 is 0. The Balaban J connectivity index is 1.99. The molecule has 1 saturated carbocycles. The van der Waals surface area contributed by atoms with Gasteiger partial charge in [-0.1, -0.05) is 65.2 Å². The lowest BCUT2D eigenvalue weighted by molar-refractivity contribution is -0.124. The highest BCUT2D eigenvalue weighted by Gasteiger charge is 2.57. The number of hydrogen-bond donors (Lipinski definition) is 1. The lowest BCUT2D eigenvalue weighted by Crippen LogP contribution is -2.57. The average Bonchev–Trinajstić information content (AvgIpc) is 2.71. The summed E-state index contributed by atoms with van der Waals surface area (Å²) in [5, 5.41) is 8.98. The van der Waals surface area contributed by atoms with Crippen LogP contribution in [0.15, 0.2) is 42.7 Å². The molecule has 0 radical (unpaired) electrons. The lowest BCUT2D eigenvalue weighted by atomic mass is 9.42. The van der Waals surface area contributed by atoms with Crippen LogP contribution >= 0.6 is 0 Å². The van der Waals surface area contributed by atoms with E-state index in [-0.39, 0.29) is 18.1 Å². The van der Waals surface area contributed by atoms with Crippen LogP contribution < -0.4 is 0 Å². The van der Waals surface area contributed by atoms with E-state index >= 15 is 0 Å². The van der Waals surface area contributed by atoms with E-state index in [9.17, 15) is 4.79 Å². The van der Waals surface area contributed by atoms with Crippen LogP contribution in [0.4, 0.5) is 0 Å². The van der Waals surface area contributed by atoms with Gasteiger partial charge in [-0.2, -0.15) is 0 Å². The summed E-state index contributed by atoms with van der Waals surface area (Å²) in [5.41, 5.74) is 3.37. The average molecular weight is 437 g/mol. The fourth-order valence-electron chi connectivity index (χ4n) is 5.14. The third-order valence-electron chi connectivity index (χ3n) is 7.33. The van der Waals surface area contributed by atoms with Gasteiger partial charge < -0.3 is 9.84 Å². The molecule has 0 atom stereocenters. The minimum atomic E-state index is 0.0547. The first-order valence-corrected chi connectivity index (χ1v) is 11.7. The largest absolute Gasteiger partial charge is 0.510 e. The highest BCUT2D eigenvalue weighted by Crippen LogP contribution is 2.63. The maximum absolute atomic E-state index is 12.1. The molecule has 1 aromatic carbocycles. The minimum absolute atomic E-state index is 0.0547. The molecule has 1 aliphatic carbocycles. The maximum atomic E-state index is 12.1. The van der Waals surface area contributed by atoms with Crippen molar-refractivity contribution in [2.45, 2.75) is 67.2 Å². The number of benzene rings is 1. The molecule has 1 N–H and O–H groups in total. The third kappa shape index (κ3) is 6.36. The first kappa shape index (κ1) is 25.9. The van der Waals surface area contributed by atoms with Gasteiger partial charge in [0.25, 0.3) is 0 Å². The van der Waals surface area contributed by atoms with E-state index in [1.54, 1.807) is 6.92 Å². The molecule has 1 aromatic rings. The Hall–Kier alpha value is -2.31. The number of ether oxygens (including phenoxy) is 1. The summed E-state index contributed by atoms with van der Waals surface area (Å²) in [7, 11) is 0. The van der Waals surface area contributed by atoms with E-state index < -0.39 is 0 Å². The van der Waals surface area contributed by atoms with Crippen molar-refractivity contribution in [2.75, 3.05) is 13.2 Å². The standard InChI is InChI=1S/C29H40O3/c1-21(30)20-32-18-11-9-8-10-13-24-16-17-26(22(2)31)25(19-24)14-12-15-27-28(4,5)23(3)29(27,6)7/h12,15-17,19,23,27,30H,1,8-9,11,14,18,20H2,2-7H3/b15-12+. The maximum Gasteiger partial charge on any atom is 0.160 e. The van der Waals surface area contributed by atoms with Crippen molar-refractivity contribution >= 4 is 5.78 Å². The van der Waals surface area contributed by atoms with Crippen LogP contribution in [0.25, 0.3) is 0 Å². The van der Waals surface area contributed by atoms with Gasteiger partial charge in [-0.15, -0.1) is 0 Å². The summed E-state index contributed by atoms with van der Waals surface area (Å²) in [6, 6.07) is 5.90. The van der Waals surface area contributed by atoms with Gasteiger partial charge in [0.05, 0.1) is 0 Å². The fraction of sp³-hybridized carbons (Fsp3) is 0.552. The molecular weight excluding hydrogens is 396 g/mol. The second kappa shape index (κ2) is 11.0. The molecular formula is C29H40O3. The number of Topliss-reactive ketones (excluding diaryl/α,β-unsaturated/α-hetero) is 1. The van der Waals surface area contributed by atoms with Crippen LogP contribution in [0.1, 0.15) is 82.3 Å². The molecule has 0 amide bonds. The number of ketones is 1. The van der Waals surface area contributed by atoms with Gasteiger partial charge in [0.2, 0.25) is 0 Å². The van der Waals surface area contributed by atoms with Crippen LogP contribution in [0.5, 0.6) is 0 Å². The number of unbranched alkanes of at least 4 members (excludes halogenated alkanes) is 2. The van der Waals surface area contributed by atoms with E-state index in [4.69, 9.17) is 9.84 Å². The second-order valence-corrected chi connectivity index (χ2v) is 10.3. The molecule has 3 heteroatoms. The Bertz CT molecular complexity index is 892. The summed E-state index contributed by atoms with van der Waals surface area (Å²) in [6.45, 7) is 17.6. The van der Waals surface area contributed by atoms with Crippen molar-refractivity contribution in [1.82, 2.24) is 0 Å². The van der Waals surface area contributed by atoms with Crippen molar-refractivity contribution in [3.8, 4) is 11.8 Å². The molecule has 0 unspecified atom stereocenters. The number of carbonyl (C=O) groups is 1. The van der Waals surface area contributed by atoms with E-state index in [1.807, 2.05) is 12.1 Å². The molecule has 0 heterocycles. The second-order valence-electron chi connectivity index (χ2n) is 10.3. The molecule has 3 nitrogen and oxygen atoms in total. The Morgan fingerprint density at radius 1 is 1.22 bits per heavy atom. The molecule has 0 saturated heterocycles. The molecule has 1 aliphatic rings. The number of rotatable bonds is 10. The van der Waals surface area contributed by atoms with Gasteiger partial charge in [-0.05, 0) is 72.6 Å². The molecule has 174 valence electrons. The summed E-state index contributed by atoms with van der Waals surface area (Å²) in [6.07, 6.45) is 7.97. The predicted molar refractivity (Wildman–Crippen MR) is 133 cm³/mol. The Kier molecular flexibility index (Phi) is 8.93. The van der Waals surface area contributed by atoms with Gasteiger partial charge in [-0.25, -0.2) is 0 Å². The van der Waals surface area contributed by atoms with Gasteiger partial charge >= 0.3 is 0 Å². The lowest BCUT2D eigenvalue weighted by Gasteiger charge is -2.63. The van der Waals surface area contributed by atoms with Crippen LogP contribution in [0, 0.1) is 34.5 Å². The van der Waals surface area contributed by atoms with E-state index in [1.165, 1.54) is 0 Å². The molecule has 0 bridgehead atoms. The number of carbonyl (C=O) groups excluding carboxylic acids is 1. The van der Waals surface area contributed by atoms with Gasteiger partial charge in [0.1, 0.15) is 12.4 Å². The summed E-state index contributed by atoms with van der Waals surface area (Å²) in [5.74, 6) is 7.82. The van der Waals surface area contributed by atoms with Crippen molar-refractivity contribution in [2.24, 2.45) is 22.7 Å². The summed E-state index contributed by atoms with van der Waals surface area (Å²) in [4.78, 5) is 12.1. The number of aliphatic hydroxyl groups is 1. The van der Waals surface area contributed by atoms with Crippen molar-refractivity contribution < 1.29 is 14.6 Å². The smallest absolute Gasteiger partial charge is 0.160 e. The van der Waals surface area contributed by atoms with Crippen molar-refractivity contribution in [3.05, 3.63) is 59.4 Å². The molecule has 1 fully saturated rings. The third-order valence-corrected chi connectivity index (χ3v) is 7.33. The summed E-state index contributed by atoms with van der Waals surface area (Å²) < 4.78 is 5.27. The number of hydrogen-bond acceptors (Lipinski definition) is 3. The fourth-order valence-corrected chi connectivity index (χ4v) is 5.14. The molecule has 2 rings (SSSR count). The van der Waals surface area contributed by atoms with Gasteiger partial charge in [-0.3, -0.25) is 4.79 Å². The topological polar surface area (TPSA) is 46.5 Å². The van der Waals surface area contributed by atoms with Crippen molar-refractivity contribution in [1.29, 1.82) is 0 Å². The Morgan fingerprint density at radius 3 is 2.53 bits per heavy atom. The van der Waals surface area contributed by atoms with E-state index in [0.29, 0.717) is 29.3 Å². The zero-order chi connectivity index (χ0) is 23.9. The molecule has 0 spiro atoms.